The van der Waals surface area contributed by atoms with E-state index in [4.69, 9.17) is 0 Å². The summed E-state index contributed by atoms with van der Waals surface area (Å²) in [5, 5.41) is 0. The van der Waals surface area contributed by atoms with Gasteiger partial charge in [-0.25, -0.2) is 0 Å². The normalized spacial score (nSPS) is 26.7. The maximum Gasteiger partial charge on any atom is 0.0120 e. The molecule has 0 bridgehead atoms. The molecule has 1 unspecified atom stereocenters. The third kappa shape index (κ3) is 4.02. The van der Waals surface area contributed by atoms with Gasteiger partial charge in [-0.2, -0.15) is 0 Å². The standard InChI is InChI=1S/C24H38N2/c1-24(2,3)21-9-6-19-7-10-22(11-8-20(19)18-21)26-16-12-23(13-17-26)25-14-4-5-15-25/h6,9,18,22-23H,4-5,7-8,10-17H2,1-3H3. The zero-order chi connectivity index (χ0) is 18.1. The first-order chi connectivity index (χ1) is 12.5. The Hall–Kier alpha value is -0.860. The van der Waals surface area contributed by atoms with Crippen molar-refractivity contribution in [2.24, 2.45) is 0 Å². The summed E-state index contributed by atoms with van der Waals surface area (Å²) in [5.41, 5.74) is 5.01. The summed E-state index contributed by atoms with van der Waals surface area (Å²) < 4.78 is 0. The summed E-state index contributed by atoms with van der Waals surface area (Å²) >= 11 is 0. The summed E-state index contributed by atoms with van der Waals surface area (Å²) in [6.45, 7) is 12.4. The lowest BCUT2D eigenvalue weighted by Crippen LogP contribution is -2.47. The molecule has 1 aliphatic carbocycles. The molecule has 0 spiro atoms. The van der Waals surface area contributed by atoms with Crippen LogP contribution in [0.5, 0.6) is 0 Å². The van der Waals surface area contributed by atoms with E-state index in [9.17, 15) is 0 Å². The SMILES string of the molecule is CC(C)(C)c1ccc2c(c1)CCC(N1CCC(N3CCCC3)CC1)CC2. The second-order valence-electron chi connectivity index (χ2n) is 9.97. The molecule has 1 aromatic carbocycles. The molecule has 2 nitrogen and oxygen atoms in total. The predicted octanol–water partition coefficient (Wildman–Crippen LogP) is 4.79. The van der Waals surface area contributed by atoms with E-state index in [1.807, 2.05) is 0 Å². The number of rotatable bonds is 2. The van der Waals surface area contributed by atoms with Gasteiger partial charge in [0.15, 0.2) is 0 Å². The maximum absolute atomic E-state index is 2.84. The number of nitrogens with zero attached hydrogens (tertiary/aromatic N) is 2. The van der Waals surface area contributed by atoms with Gasteiger partial charge in [-0.05, 0) is 99.7 Å². The summed E-state index contributed by atoms with van der Waals surface area (Å²) in [4.78, 5) is 5.61. The van der Waals surface area contributed by atoms with E-state index < -0.39 is 0 Å². The maximum atomic E-state index is 2.84. The molecule has 2 fully saturated rings. The lowest BCUT2D eigenvalue weighted by Gasteiger charge is -2.40. The summed E-state index contributed by atoms with van der Waals surface area (Å²) in [7, 11) is 0. The van der Waals surface area contributed by atoms with Crippen molar-refractivity contribution in [3.05, 3.63) is 34.9 Å². The summed E-state index contributed by atoms with van der Waals surface area (Å²) in [6, 6.07) is 9.00. The highest BCUT2D eigenvalue weighted by Gasteiger charge is 2.30. The largest absolute Gasteiger partial charge is 0.300 e. The minimum atomic E-state index is 0.262. The average Bonchev–Trinajstić information content (AvgIpc) is 3.08. The Kier molecular flexibility index (Phi) is 5.43. The molecule has 2 aliphatic heterocycles. The third-order valence-corrected chi connectivity index (χ3v) is 7.24. The molecule has 3 aliphatic rings. The van der Waals surface area contributed by atoms with E-state index in [2.05, 4.69) is 48.8 Å². The van der Waals surface area contributed by atoms with Crippen LogP contribution >= 0.6 is 0 Å². The van der Waals surface area contributed by atoms with E-state index in [0.29, 0.717) is 0 Å². The van der Waals surface area contributed by atoms with Crippen LogP contribution in [0, 0.1) is 0 Å². The van der Waals surface area contributed by atoms with Crippen LogP contribution in [-0.4, -0.2) is 48.1 Å². The molecule has 0 saturated carbocycles. The summed E-state index contributed by atoms with van der Waals surface area (Å²) in [6.07, 6.45) is 10.9. The zero-order valence-electron chi connectivity index (χ0n) is 17.3. The van der Waals surface area contributed by atoms with E-state index in [1.54, 1.807) is 11.1 Å². The highest BCUT2D eigenvalue weighted by molar-refractivity contribution is 5.36. The number of hydrogen-bond acceptors (Lipinski definition) is 2. The van der Waals surface area contributed by atoms with Crippen LogP contribution in [-0.2, 0) is 18.3 Å². The first-order valence-electron chi connectivity index (χ1n) is 11.1. The van der Waals surface area contributed by atoms with E-state index in [1.165, 1.54) is 83.1 Å². The Labute approximate surface area is 161 Å². The van der Waals surface area contributed by atoms with E-state index in [0.717, 1.165) is 12.1 Å². The number of likely N-dealkylation sites (tertiary alicyclic amines) is 2. The van der Waals surface area contributed by atoms with Crippen molar-refractivity contribution in [1.29, 1.82) is 0 Å². The molecule has 0 aromatic heterocycles. The first kappa shape index (κ1) is 18.5. The van der Waals surface area contributed by atoms with Crippen LogP contribution in [0.4, 0.5) is 0 Å². The van der Waals surface area contributed by atoms with Gasteiger partial charge >= 0.3 is 0 Å². The molecule has 0 N–H and O–H groups in total. The van der Waals surface area contributed by atoms with Crippen LogP contribution in [0.25, 0.3) is 0 Å². The fraction of sp³-hybridized carbons (Fsp3) is 0.750. The van der Waals surface area contributed by atoms with Gasteiger partial charge in [-0.1, -0.05) is 39.0 Å². The van der Waals surface area contributed by atoms with Crippen molar-refractivity contribution in [3.63, 3.8) is 0 Å². The number of piperidine rings is 1. The molecular formula is C24H38N2. The van der Waals surface area contributed by atoms with Crippen LogP contribution < -0.4 is 0 Å². The first-order valence-corrected chi connectivity index (χ1v) is 11.1. The molecule has 2 heterocycles. The van der Waals surface area contributed by atoms with Gasteiger partial charge in [-0.15, -0.1) is 0 Å². The topological polar surface area (TPSA) is 6.48 Å². The molecule has 0 amide bonds. The fourth-order valence-corrected chi connectivity index (χ4v) is 5.45. The van der Waals surface area contributed by atoms with Gasteiger partial charge in [0.05, 0.1) is 0 Å². The second-order valence-corrected chi connectivity index (χ2v) is 9.97. The number of aryl methyl sites for hydroxylation is 2. The molecule has 2 heteroatoms. The fourth-order valence-electron chi connectivity index (χ4n) is 5.45. The molecule has 26 heavy (non-hydrogen) atoms. The molecule has 1 aromatic rings. The Bertz CT molecular complexity index is 601. The Morgan fingerprint density at radius 2 is 1.31 bits per heavy atom. The number of hydrogen-bond donors (Lipinski definition) is 0. The average molecular weight is 355 g/mol. The number of benzene rings is 1. The monoisotopic (exact) mass is 354 g/mol. The van der Waals surface area contributed by atoms with Gasteiger partial charge in [0.2, 0.25) is 0 Å². The molecule has 2 saturated heterocycles. The molecular weight excluding hydrogens is 316 g/mol. The van der Waals surface area contributed by atoms with Crippen LogP contribution in [0.3, 0.4) is 0 Å². The van der Waals surface area contributed by atoms with E-state index >= 15 is 0 Å². The van der Waals surface area contributed by atoms with Crippen LogP contribution in [0.2, 0.25) is 0 Å². The van der Waals surface area contributed by atoms with E-state index in [-0.39, 0.29) is 5.41 Å². The highest BCUT2D eigenvalue weighted by atomic mass is 15.2. The van der Waals surface area contributed by atoms with Gasteiger partial charge in [-0.3, -0.25) is 0 Å². The van der Waals surface area contributed by atoms with Crippen molar-refractivity contribution in [2.45, 2.75) is 89.6 Å². The van der Waals surface area contributed by atoms with Gasteiger partial charge in [0.25, 0.3) is 0 Å². The lowest BCUT2D eigenvalue weighted by molar-refractivity contribution is 0.0900. The van der Waals surface area contributed by atoms with Crippen molar-refractivity contribution >= 4 is 0 Å². The Morgan fingerprint density at radius 3 is 1.96 bits per heavy atom. The Balaban J connectivity index is 1.35. The molecule has 0 radical (unpaired) electrons. The molecule has 1 atom stereocenters. The predicted molar refractivity (Wildman–Crippen MR) is 111 cm³/mol. The second kappa shape index (κ2) is 7.64. The molecule has 4 rings (SSSR count). The van der Waals surface area contributed by atoms with Gasteiger partial charge in [0.1, 0.15) is 0 Å². The van der Waals surface area contributed by atoms with Crippen LogP contribution in [0.1, 0.15) is 76.0 Å². The Morgan fingerprint density at radius 1 is 0.731 bits per heavy atom. The quantitative estimate of drug-likeness (QED) is 0.705. The highest BCUT2D eigenvalue weighted by Crippen LogP contribution is 2.31. The third-order valence-electron chi connectivity index (χ3n) is 7.24. The van der Waals surface area contributed by atoms with Crippen LogP contribution in [0.15, 0.2) is 18.2 Å². The van der Waals surface area contributed by atoms with Crippen molar-refractivity contribution in [2.75, 3.05) is 26.2 Å². The minimum Gasteiger partial charge on any atom is -0.300 e. The lowest BCUT2D eigenvalue weighted by atomic mass is 9.84. The van der Waals surface area contributed by atoms with Gasteiger partial charge < -0.3 is 9.80 Å². The molecule has 144 valence electrons. The van der Waals surface area contributed by atoms with Crippen molar-refractivity contribution in [1.82, 2.24) is 9.80 Å². The zero-order valence-corrected chi connectivity index (χ0v) is 17.3. The van der Waals surface area contributed by atoms with Gasteiger partial charge in [0, 0.05) is 12.1 Å². The van der Waals surface area contributed by atoms with Crippen molar-refractivity contribution in [3.8, 4) is 0 Å². The summed E-state index contributed by atoms with van der Waals surface area (Å²) in [5.74, 6) is 0. The van der Waals surface area contributed by atoms with Crippen molar-refractivity contribution < 1.29 is 0 Å². The minimum absolute atomic E-state index is 0.262. The number of fused-ring (bicyclic) bond motifs is 1. The smallest absolute Gasteiger partial charge is 0.0120 e.